The Labute approximate surface area is 172 Å². The SMILES string of the molecule is O=C1CCC/C=C\CC2[C@H](C[C@@H](OP)[C@@H]2/C=C/C(F)(F)COc2ccccc2)O1. The van der Waals surface area contributed by atoms with E-state index in [1.165, 1.54) is 6.08 Å². The van der Waals surface area contributed by atoms with Crippen LogP contribution in [0.5, 0.6) is 5.75 Å². The van der Waals surface area contributed by atoms with Crippen LogP contribution in [0.25, 0.3) is 0 Å². The molecular weight excluding hydrogens is 397 g/mol. The molecule has 2 unspecified atom stereocenters. The second kappa shape index (κ2) is 10.3. The number of alkyl halides is 2. The maximum absolute atomic E-state index is 14.4. The number of hydrogen-bond donors (Lipinski definition) is 0. The molecule has 3 rings (SSSR count). The Hall–Kier alpha value is -1.78. The van der Waals surface area contributed by atoms with E-state index in [9.17, 15) is 13.6 Å². The summed E-state index contributed by atoms with van der Waals surface area (Å²) < 4.78 is 45.1. The molecule has 0 N–H and O–H groups in total. The van der Waals surface area contributed by atoms with E-state index < -0.39 is 12.5 Å². The molecule has 1 fully saturated rings. The molecule has 0 spiro atoms. The number of allylic oxidation sites excluding steroid dienone is 2. The molecule has 0 amide bonds. The number of carbonyl (C=O) groups is 1. The molecule has 1 saturated carbocycles. The summed E-state index contributed by atoms with van der Waals surface area (Å²) in [6.45, 7) is -0.740. The number of hydrogen-bond acceptors (Lipinski definition) is 4. The summed E-state index contributed by atoms with van der Waals surface area (Å²) in [5.41, 5.74) is 0. The van der Waals surface area contributed by atoms with Crippen molar-refractivity contribution in [2.45, 2.75) is 50.2 Å². The van der Waals surface area contributed by atoms with Crippen molar-refractivity contribution in [3.05, 3.63) is 54.6 Å². The molecule has 0 aromatic heterocycles. The second-order valence-corrected chi connectivity index (χ2v) is 7.77. The van der Waals surface area contributed by atoms with E-state index in [-0.39, 0.29) is 30.0 Å². The first kappa shape index (κ1) is 21.9. The van der Waals surface area contributed by atoms with Crippen LogP contribution in [0, 0.1) is 11.8 Å². The number of rotatable bonds is 6. The molecular formula is C22H27F2O4P. The monoisotopic (exact) mass is 424 g/mol. The molecule has 1 aliphatic carbocycles. The van der Waals surface area contributed by atoms with E-state index in [4.69, 9.17) is 14.0 Å². The van der Waals surface area contributed by atoms with Gasteiger partial charge in [0.25, 0.3) is 5.92 Å². The minimum Gasteiger partial charge on any atom is -0.487 e. The van der Waals surface area contributed by atoms with Crippen molar-refractivity contribution < 1.29 is 27.6 Å². The van der Waals surface area contributed by atoms with Crippen LogP contribution in [0.2, 0.25) is 0 Å². The lowest BCUT2D eigenvalue weighted by Gasteiger charge is -2.24. The van der Waals surface area contributed by atoms with Crippen LogP contribution in [0.3, 0.4) is 0 Å². The Morgan fingerprint density at radius 1 is 1.24 bits per heavy atom. The Balaban J connectivity index is 1.70. The van der Waals surface area contributed by atoms with Gasteiger partial charge in [0, 0.05) is 34.1 Å². The van der Waals surface area contributed by atoms with Gasteiger partial charge in [0.1, 0.15) is 11.9 Å². The molecule has 5 atom stereocenters. The molecule has 0 radical (unpaired) electrons. The topological polar surface area (TPSA) is 44.8 Å². The summed E-state index contributed by atoms with van der Waals surface area (Å²) in [7, 11) is 2.21. The first-order valence-corrected chi connectivity index (χ1v) is 10.4. The van der Waals surface area contributed by atoms with Gasteiger partial charge in [-0.2, -0.15) is 8.78 Å². The molecule has 1 aromatic carbocycles. The van der Waals surface area contributed by atoms with E-state index in [1.54, 1.807) is 30.3 Å². The number of benzene rings is 1. The van der Waals surface area contributed by atoms with Crippen LogP contribution in [-0.2, 0) is 14.1 Å². The molecule has 0 bridgehead atoms. The van der Waals surface area contributed by atoms with Gasteiger partial charge in [0.2, 0.25) is 0 Å². The molecule has 29 heavy (non-hydrogen) atoms. The minimum absolute atomic E-state index is 0.0964. The zero-order valence-electron chi connectivity index (χ0n) is 16.2. The normalized spacial score (nSPS) is 29.3. The smallest absolute Gasteiger partial charge is 0.306 e. The molecule has 1 aromatic rings. The summed E-state index contributed by atoms with van der Waals surface area (Å²) in [5, 5.41) is 0. The molecule has 158 valence electrons. The van der Waals surface area contributed by atoms with Crippen molar-refractivity contribution in [1.82, 2.24) is 0 Å². The number of esters is 1. The van der Waals surface area contributed by atoms with Crippen LogP contribution in [0.4, 0.5) is 8.78 Å². The summed E-state index contributed by atoms with van der Waals surface area (Å²) in [5.74, 6) is -3.33. The van der Waals surface area contributed by atoms with Gasteiger partial charge in [-0.25, -0.2) is 0 Å². The third-order valence-corrected chi connectivity index (χ3v) is 5.74. The molecule has 0 saturated heterocycles. The van der Waals surface area contributed by atoms with Crippen LogP contribution >= 0.6 is 9.47 Å². The van der Waals surface area contributed by atoms with Gasteiger partial charge in [-0.3, -0.25) is 4.79 Å². The third kappa shape index (κ3) is 6.35. The number of fused-ring (bicyclic) bond motifs is 1. The zero-order chi connectivity index (χ0) is 20.7. The lowest BCUT2D eigenvalue weighted by Crippen LogP contribution is -2.27. The Morgan fingerprint density at radius 3 is 2.79 bits per heavy atom. The van der Waals surface area contributed by atoms with Crippen LogP contribution < -0.4 is 4.74 Å². The average molecular weight is 424 g/mol. The minimum atomic E-state index is -3.12. The van der Waals surface area contributed by atoms with Crippen molar-refractivity contribution in [2.24, 2.45) is 11.8 Å². The summed E-state index contributed by atoms with van der Waals surface area (Å²) in [6, 6.07) is 8.54. The fourth-order valence-corrected chi connectivity index (χ4v) is 4.19. The largest absolute Gasteiger partial charge is 0.487 e. The first-order valence-electron chi connectivity index (χ1n) is 9.93. The maximum atomic E-state index is 14.4. The quantitative estimate of drug-likeness (QED) is 0.362. The van der Waals surface area contributed by atoms with E-state index in [1.807, 2.05) is 6.08 Å². The van der Waals surface area contributed by atoms with E-state index in [0.717, 1.165) is 18.9 Å². The van der Waals surface area contributed by atoms with Crippen molar-refractivity contribution in [2.75, 3.05) is 6.61 Å². The van der Waals surface area contributed by atoms with E-state index in [2.05, 4.69) is 15.5 Å². The summed E-state index contributed by atoms with van der Waals surface area (Å²) in [4.78, 5) is 12.0. The number of ether oxygens (including phenoxy) is 2. The fourth-order valence-electron chi connectivity index (χ4n) is 3.90. The highest BCUT2D eigenvalue weighted by atomic mass is 31.0. The number of halogens is 2. The molecule has 2 aliphatic rings. The van der Waals surface area contributed by atoms with Gasteiger partial charge < -0.3 is 14.0 Å². The van der Waals surface area contributed by atoms with E-state index in [0.29, 0.717) is 25.0 Å². The van der Waals surface area contributed by atoms with Crippen LogP contribution in [0.15, 0.2) is 54.6 Å². The highest BCUT2D eigenvalue weighted by molar-refractivity contribution is 7.09. The second-order valence-electron chi connectivity index (χ2n) is 7.50. The molecule has 4 nitrogen and oxygen atoms in total. The predicted molar refractivity (Wildman–Crippen MR) is 110 cm³/mol. The highest BCUT2D eigenvalue weighted by Gasteiger charge is 2.44. The van der Waals surface area contributed by atoms with Crippen molar-refractivity contribution in [1.29, 1.82) is 0 Å². The lowest BCUT2D eigenvalue weighted by molar-refractivity contribution is -0.151. The Morgan fingerprint density at radius 2 is 2.03 bits per heavy atom. The molecule has 1 heterocycles. The van der Waals surface area contributed by atoms with Gasteiger partial charge in [-0.15, -0.1) is 0 Å². The van der Waals surface area contributed by atoms with Gasteiger partial charge in [-0.1, -0.05) is 36.4 Å². The summed E-state index contributed by atoms with van der Waals surface area (Å²) >= 11 is 0. The average Bonchev–Trinajstić information content (AvgIpc) is 3.05. The van der Waals surface area contributed by atoms with Crippen LogP contribution in [0.1, 0.15) is 32.1 Å². The van der Waals surface area contributed by atoms with Gasteiger partial charge >= 0.3 is 5.97 Å². The van der Waals surface area contributed by atoms with Crippen molar-refractivity contribution >= 4 is 15.4 Å². The zero-order valence-corrected chi connectivity index (χ0v) is 17.4. The fraction of sp³-hybridized carbons (Fsp3) is 0.500. The number of carbonyl (C=O) groups excluding carboxylic acids is 1. The summed E-state index contributed by atoms with van der Waals surface area (Å²) in [6.07, 6.45) is 8.95. The molecule has 1 aliphatic heterocycles. The maximum Gasteiger partial charge on any atom is 0.306 e. The van der Waals surface area contributed by atoms with Crippen molar-refractivity contribution in [3.8, 4) is 5.75 Å². The highest BCUT2D eigenvalue weighted by Crippen LogP contribution is 2.41. The van der Waals surface area contributed by atoms with Gasteiger partial charge in [0.05, 0.1) is 6.10 Å². The Kier molecular flexibility index (Phi) is 7.79. The standard InChI is InChI=1S/C22H27F2O4P/c23-22(24,15-26-16-8-4-3-5-9-16)13-12-18-17-10-6-1-2-7-11-21(25)27-19(17)14-20(18)28-29/h1,3-6,8-9,12-13,17-20H,2,7,10-11,14-15,29H2/b6-1-,13-12+/t17?,18-,19+,20-/m1/s1. The van der Waals surface area contributed by atoms with E-state index >= 15 is 0 Å². The first-order chi connectivity index (χ1) is 14.0. The van der Waals surface area contributed by atoms with Gasteiger partial charge in [0.15, 0.2) is 6.61 Å². The molecule has 7 heteroatoms. The van der Waals surface area contributed by atoms with Crippen molar-refractivity contribution in [3.63, 3.8) is 0 Å². The predicted octanol–water partition coefficient (Wildman–Crippen LogP) is 5.11. The van der Waals surface area contributed by atoms with Crippen LogP contribution in [-0.4, -0.2) is 30.7 Å². The third-order valence-electron chi connectivity index (χ3n) is 5.39. The Bertz CT molecular complexity index is 723. The number of para-hydroxylation sites is 1. The lowest BCUT2D eigenvalue weighted by atomic mass is 9.89. The van der Waals surface area contributed by atoms with Gasteiger partial charge in [-0.05, 0) is 37.5 Å².